The van der Waals surface area contributed by atoms with Crippen LogP contribution in [0.2, 0.25) is 0 Å². The molecular weight excluding hydrogens is 431 g/mol. The molecule has 4 rings (SSSR count). The highest BCUT2D eigenvalue weighted by Gasteiger charge is 2.33. The number of ether oxygens (including phenoxy) is 1. The fourth-order valence-corrected chi connectivity index (χ4v) is 4.72. The van der Waals surface area contributed by atoms with E-state index in [-0.39, 0.29) is 49.1 Å². The van der Waals surface area contributed by atoms with Gasteiger partial charge in [0.15, 0.2) is 5.76 Å². The van der Waals surface area contributed by atoms with E-state index in [9.17, 15) is 14.0 Å². The third kappa shape index (κ3) is 4.75. The summed E-state index contributed by atoms with van der Waals surface area (Å²) in [5, 5.41) is 2.00. The lowest BCUT2D eigenvalue weighted by Crippen LogP contribution is -2.47. The second-order valence-electron chi connectivity index (χ2n) is 7.37. The first-order valence-corrected chi connectivity index (χ1v) is 11.1. The Balaban J connectivity index is 1.52. The maximum atomic E-state index is 13.5. The van der Waals surface area contributed by atoms with Crippen LogP contribution in [-0.4, -0.2) is 47.9 Å². The highest BCUT2D eigenvalue weighted by molar-refractivity contribution is 7.10. The minimum absolute atomic E-state index is 0.110. The molecule has 0 fully saturated rings. The summed E-state index contributed by atoms with van der Waals surface area (Å²) in [6.45, 7) is 4.50. The molecule has 1 aromatic carbocycles. The van der Waals surface area contributed by atoms with E-state index in [4.69, 9.17) is 9.15 Å². The molecule has 0 saturated carbocycles. The summed E-state index contributed by atoms with van der Waals surface area (Å²) in [6, 6.07) is 10.8. The number of thiophene rings is 1. The molecule has 1 unspecified atom stereocenters. The number of amides is 2. The Hall–Kier alpha value is -3.39. The number of fused-ring (bicyclic) bond motifs is 1. The Morgan fingerprint density at radius 3 is 2.94 bits per heavy atom. The molecule has 8 heteroatoms. The van der Waals surface area contributed by atoms with Crippen LogP contribution in [0.3, 0.4) is 0 Å². The van der Waals surface area contributed by atoms with Crippen LogP contribution in [0.1, 0.15) is 27.0 Å². The summed E-state index contributed by atoms with van der Waals surface area (Å²) in [6.07, 6.45) is 3.73. The predicted molar refractivity (Wildman–Crippen MR) is 119 cm³/mol. The van der Waals surface area contributed by atoms with Crippen LogP contribution in [0.15, 0.2) is 71.2 Å². The number of halogens is 1. The number of hydrogen-bond donors (Lipinski definition) is 0. The molecule has 0 aliphatic carbocycles. The lowest BCUT2D eigenvalue weighted by atomic mass is 10.0. The summed E-state index contributed by atoms with van der Waals surface area (Å²) < 4.78 is 24.6. The van der Waals surface area contributed by atoms with E-state index < -0.39 is 0 Å². The second-order valence-corrected chi connectivity index (χ2v) is 8.37. The zero-order valence-corrected chi connectivity index (χ0v) is 18.2. The van der Waals surface area contributed by atoms with Crippen molar-refractivity contribution >= 4 is 23.2 Å². The number of carbonyl (C=O) groups is 2. The standard InChI is InChI=1S/C24H23FN2O4S/c1-2-10-26(24(29)21-7-4-12-30-21)15-23(28)27-11-8-22-19(9-13-32-22)20(27)16-31-18-6-3-5-17(25)14-18/h2-7,9,12-14,20H,1,8,10-11,15-16H2. The molecule has 3 heterocycles. The molecule has 1 aliphatic rings. The normalized spacial score (nSPS) is 15.2. The number of rotatable bonds is 8. The molecule has 0 N–H and O–H groups in total. The minimum atomic E-state index is -0.383. The summed E-state index contributed by atoms with van der Waals surface area (Å²) >= 11 is 1.65. The molecule has 1 aliphatic heterocycles. The Kier molecular flexibility index (Phi) is 6.70. The van der Waals surface area contributed by atoms with Crippen molar-refractivity contribution in [3.63, 3.8) is 0 Å². The average molecular weight is 455 g/mol. The number of carbonyl (C=O) groups excluding carboxylic acids is 2. The predicted octanol–water partition coefficient (Wildman–Crippen LogP) is 4.31. The van der Waals surface area contributed by atoms with Gasteiger partial charge in [0.25, 0.3) is 5.91 Å². The van der Waals surface area contributed by atoms with Gasteiger partial charge in [-0.2, -0.15) is 0 Å². The van der Waals surface area contributed by atoms with Gasteiger partial charge < -0.3 is 19.0 Å². The van der Waals surface area contributed by atoms with Gasteiger partial charge in [-0.15, -0.1) is 17.9 Å². The van der Waals surface area contributed by atoms with Crippen molar-refractivity contribution in [2.75, 3.05) is 26.2 Å². The minimum Gasteiger partial charge on any atom is -0.491 e. The highest BCUT2D eigenvalue weighted by atomic mass is 32.1. The monoisotopic (exact) mass is 454 g/mol. The van der Waals surface area contributed by atoms with Crippen molar-refractivity contribution in [2.45, 2.75) is 12.5 Å². The zero-order valence-electron chi connectivity index (χ0n) is 17.4. The third-order valence-corrected chi connectivity index (χ3v) is 6.31. The first-order valence-electron chi connectivity index (χ1n) is 10.2. The van der Waals surface area contributed by atoms with E-state index in [0.717, 1.165) is 12.0 Å². The summed E-state index contributed by atoms with van der Waals surface area (Å²) in [4.78, 5) is 30.4. The van der Waals surface area contributed by atoms with E-state index in [1.54, 1.807) is 46.6 Å². The fourth-order valence-electron chi connectivity index (χ4n) is 3.79. The van der Waals surface area contributed by atoms with Gasteiger partial charge in [0.2, 0.25) is 5.91 Å². The zero-order chi connectivity index (χ0) is 22.5. The SMILES string of the molecule is C=CCN(CC(=O)N1CCc2sccc2C1COc1cccc(F)c1)C(=O)c1ccco1. The van der Waals surface area contributed by atoms with E-state index in [1.165, 1.54) is 28.2 Å². The molecule has 2 aromatic heterocycles. The van der Waals surface area contributed by atoms with Gasteiger partial charge >= 0.3 is 0 Å². The average Bonchev–Trinajstić information content (AvgIpc) is 3.48. The Morgan fingerprint density at radius 1 is 1.31 bits per heavy atom. The third-order valence-electron chi connectivity index (χ3n) is 5.31. The van der Waals surface area contributed by atoms with E-state index in [0.29, 0.717) is 12.3 Å². The molecule has 0 spiro atoms. The summed E-state index contributed by atoms with van der Waals surface area (Å²) in [5.74, 6) is -0.377. The van der Waals surface area contributed by atoms with E-state index in [2.05, 4.69) is 6.58 Å². The number of hydrogen-bond acceptors (Lipinski definition) is 5. The Morgan fingerprint density at radius 2 is 2.19 bits per heavy atom. The van der Waals surface area contributed by atoms with Crippen molar-refractivity contribution in [2.24, 2.45) is 0 Å². The molecular formula is C24H23FN2O4S. The molecule has 0 radical (unpaired) electrons. The van der Waals surface area contributed by atoms with Crippen LogP contribution in [0.4, 0.5) is 4.39 Å². The van der Waals surface area contributed by atoms with Crippen molar-refractivity contribution in [3.8, 4) is 5.75 Å². The van der Waals surface area contributed by atoms with Crippen molar-refractivity contribution in [1.82, 2.24) is 9.80 Å². The van der Waals surface area contributed by atoms with Crippen LogP contribution in [0.25, 0.3) is 0 Å². The quantitative estimate of drug-likeness (QED) is 0.476. The second kappa shape index (κ2) is 9.82. The van der Waals surface area contributed by atoms with Crippen molar-refractivity contribution in [1.29, 1.82) is 0 Å². The Bertz CT molecular complexity index is 1100. The fraction of sp³-hybridized carbons (Fsp3) is 0.250. The maximum absolute atomic E-state index is 13.5. The molecule has 3 aromatic rings. The molecule has 0 saturated heterocycles. The number of furan rings is 1. The van der Waals surface area contributed by atoms with Gasteiger partial charge in [0.1, 0.15) is 24.7 Å². The van der Waals surface area contributed by atoms with Crippen LogP contribution in [0.5, 0.6) is 5.75 Å². The van der Waals surface area contributed by atoms with Gasteiger partial charge in [0, 0.05) is 24.0 Å². The summed E-state index contributed by atoms with van der Waals surface area (Å²) in [5.41, 5.74) is 1.03. The molecule has 32 heavy (non-hydrogen) atoms. The van der Waals surface area contributed by atoms with Crippen LogP contribution in [0, 0.1) is 5.82 Å². The highest BCUT2D eigenvalue weighted by Crippen LogP contribution is 2.34. The van der Waals surface area contributed by atoms with Gasteiger partial charge in [-0.25, -0.2) is 4.39 Å². The van der Waals surface area contributed by atoms with Gasteiger partial charge in [-0.3, -0.25) is 9.59 Å². The molecule has 1 atom stereocenters. The molecule has 166 valence electrons. The Labute approximate surface area is 189 Å². The van der Waals surface area contributed by atoms with Crippen LogP contribution >= 0.6 is 11.3 Å². The first kappa shape index (κ1) is 21.8. The summed E-state index contributed by atoms with van der Waals surface area (Å²) in [7, 11) is 0. The van der Waals surface area contributed by atoms with Crippen LogP contribution < -0.4 is 4.74 Å². The first-order chi connectivity index (χ1) is 15.6. The lowest BCUT2D eigenvalue weighted by Gasteiger charge is -2.37. The molecule has 6 nitrogen and oxygen atoms in total. The molecule has 2 amide bonds. The van der Waals surface area contributed by atoms with Gasteiger partial charge in [0.05, 0.1) is 12.3 Å². The topological polar surface area (TPSA) is 63.0 Å². The maximum Gasteiger partial charge on any atom is 0.290 e. The van der Waals surface area contributed by atoms with E-state index in [1.807, 2.05) is 11.4 Å². The van der Waals surface area contributed by atoms with Crippen molar-refractivity contribution in [3.05, 3.63) is 88.8 Å². The van der Waals surface area contributed by atoms with Gasteiger partial charge in [-0.1, -0.05) is 12.1 Å². The lowest BCUT2D eigenvalue weighted by molar-refractivity contribution is -0.135. The van der Waals surface area contributed by atoms with Crippen LogP contribution in [-0.2, 0) is 11.2 Å². The number of nitrogens with zero attached hydrogens (tertiary/aromatic N) is 2. The van der Waals surface area contributed by atoms with Crippen molar-refractivity contribution < 1.29 is 23.1 Å². The largest absolute Gasteiger partial charge is 0.491 e. The molecule has 0 bridgehead atoms. The van der Waals surface area contributed by atoms with Gasteiger partial charge in [-0.05, 0) is 47.7 Å². The number of benzene rings is 1. The van der Waals surface area contributed by atoms with E-state index >= 15 is 0 Å². The smallest absolute Gasteiger partial charge is 0.290 e.